The first kappa shape index (κ1) is 12.9. The molecule has 0 fully saturated rings. The van der Waals surface area contributed by atoms with E-state index < -0.39 is 0 Å². The quantitative estimate of drug-likeness (QED) is 0.755. The molecule has 1 aliphatic heterocycles. The number of esters is 1. The van der Waals surface area contributed by atoms with Crippen molar-refractivity contribution < 1.29 is 9.53 Å². The van der Waals surface area contributed by atoms with E-state index >= 15 is 0 Å². The molecule has 6 heteroatoms. The van der Waals surface area contributed by atoms with Gasteiger partial charge in [0.05, 0.1) is 6.61 Å². The number of carbonyl (C=O) groups is 1. The fourth-order valence-electron chi connectivity index (χ4n) is 2.03. The van der Waals surface area contributed by atoms with Gasteiger partial charge in [0, 0.05) is 28.2 Å². The van der Waals surface area contributed by atoms with Crippen molar-refractivity contribution in [3.05, 3.63) is 41.6 Å². The molecule has 1 unspecified atom stereocenters. The third-order valence-corrected chi connectivity index (χ3v) is 3.83. The second-order valence-electron chi connectivity index (χ2n) is 4.34. The third kappa shape index (κ3) is 2.60. The van der Waals surface area contributed by atoms with Crippen molar-refractivity contribution in [2.45, 2.75) is 12.4 Å². The average Bonchev–Trinajstić information content (AvgIpc) is 3.07. The van der Waals surface area contributed by atoms with E-state index in [0.29, 0.717) is 12.3 Å². The summed E-state index contributed by atoms with van der Waals surface area (Å²) in [6.45, 7) is 2.17. The van der Waals surface area contributed by atoms with Crippen molar-refractivity contribution in [1.29, 1.82) is 0 Å². The zero-order chi connectivity index (χ0) is 13.9. The van der Waals surface area contributed by atoms with Gasteiger partial charge in [-0.1, -0.05) is 11.8 Å². The number of anilines is 1. The van der Waals surface area contributed by atoms with Gasteiger partial charge in [0.25, 0.3) is 0 Å². The number of fused-ring (bicyclic) bond motifs is 1. The zero-order valence-electron chi connectivity index (χ0n) is 11.0. The van der Waals surface area contributed by atoms with Gasteiger partial charge in [-0.15, -0.1) is 0 Å². The van der Waals surface area contributed by atoms with Crippen LogP contribution in [0, 0.1) is 0 Å². The number of rotatable bonds is 4. The van der Waals surface area contributed by atoms with Gasteiger partial charge < -0.3 is 20.4 Å². The van der Waals surface area contributed by atoms with Crippen molar-refractivity contribution >= 4 is 34.3 Å². The summed E-state index contributed by atoms with van der Waals surface area (Å²) < 4.78 is 4.96. The lowest BCUT2D eigenvalue weighted by molar-refractivity contribution is -0.138. The highest BCUT2D eigenvalue weighted by Crippen LogP contribution is 2.25. The minimum Gasteiger partial charge on any atom is -0.461 e. The maximum absolute atomic E-state index is 11.6. The van der Waals surface area contributed by atoms with Crippen LogP contribution in [0.4, 0.5) is 5.69 Å². The van der Waals surface area contributed by atoms with Gasteiger partial charge in [-0.05, 0) is 31.2 Å². The van der Waals surface area contributed by atoms with Crippen LogP contribution in [0.3, 0.4) is 0 Å². The average molecular weight is 289 g/mol. The molecule has 0 amide bonds. The highest BCUT2D eigenvalue weighted by Gasteiger charge is 2.22. The van der Waals surface area contributed by atoms with E-state index in [1.807, 2.05) is 24.4 Å². The Bertz CT molecular complexity index is 665. The predicted molar refractivity (Wildman–Crippen MR) is 81.2 cm³/mol. The van der Waals surface area contributed by atoms with E-state index in [4.69, 9.17) is 4.74 Å². The summed E-state index contributed by atoms with van der Waals surface area (Å²) in [6, 6.07) is 8.12. The zero-order valence-corrected chi connectivity index (χ0v) is 11.8. The first-order valence-corrected chi connectivity index (χ1v) is 7.33. The minimum absolute atomic E-state index is 0.0641. The van der Waals surface area contributed by atoms with E-state index in [2.05, 4.69) is 21.7 Å². The van der Waals surface area contributed by atoms with Crippen molar-refractivity contribution in [3.63, 3.8) is 0 Å². The van der Waals surface area contributed by atoms with Gasteiger partial charge in [-0.2, -0.15) is 0 Å². The van der Waals surface area contributed by atoms with E-state index in [0.717, 1.165) is 16.6 Å². The van der Waals surface area contributed by atoms with Crippen LogP contribution in [-0.4, -0.2) is 23.1 Å². The summed E-state index contributed by atoms with van der Waals surface area (Å²) in [5, 5.41) is 9.36. The van der Waals surface area contributed by atoms with Gasteiger partial charge in [-0.3, -0.25) is 0 Å². The van der Waals surface area contributed by atoms with Gasteiger partial charge in [0.1, 0.15) is 11.2 Å². The number of carbonyl (C=O) groups excluding carboxylic acids is 1. The summed E-state index contributed by atoms with van der Waals surface area (Å²) in [7, 11) is 0. The Labute approximate surface area is 120 Å². The molecule has 1 aliphatic rings. The molecular weight excluding hydrogens is 274 g/mol. The summed E-state index contributed by atoms with van der Waals surface area (Å²) in [4.78, 5) is 14.7. The normalized spacial score (nSPS) is 17.6. The van der Waals surface area contributed by atoms with E-state index in [-0.39, 0.29) is 11.5 Å². The first-order chi connectivity index (χ1) is 9.76. The molecule has 0 aliphatic carbocycles. The molecule has 2 aromatic rings. The van der Waals surface area contributed by atoms with Gasteiger partial charge in [-0.25, -0.2) is 4.79 Å². The van der Waals surface area contributed by atoms with Crippen LogP contribution in [0.1, 0.15) is 6.92 Å². The summed E-state index contributed by atoms with van der Waals surface area (Å²) in [6.07, 6.45) is 1.91. The largest absolute Gasteiger partial charge is 0.461 e. The maximum Gasteiger partial charge on any atom is 0.355 e. The molecule has 5 nitrogen and oxygen atoms in total. The summed E-state index contributed by atoms with van der Waals surface area (Å²) in [5.74, 6) is -0.314. The number of hydrogen-bond donors (Lipinski definition) is 3. The fourth-order valence-corrected chi connectivity index (χ4v) is 2.86. The van der Waals surface area contributed by atoms with Gasteiger partial charge in [0.15, 0.2) is 0 Å². The minimum atomic E-state index is -0.314. The number of aromatic nitrogens is 1. The Hall–Kier alpha value is -2.08. The second kappa shape index (κ2) is 5.50. The Morgan fingerprint density at radius 3 is 3.20 bits per heavy atom. The molecule has 3 rings (SSSR count). The molecule has 0 spiro atoms. The smallest absolute Gasteiger partial charge is 0.355 e. The van der Waals surface area contributed by atoms with Crippen molar-refractivity contribution in [2.24, 2.45) is 0 Å². The van der Waals surface area contributed by atoms with Gasteiger partial charge >= 0.3 is 5.97 Å². The first-order valence-electron chi connectivity index (χ1n) is 6.39. The molecule has 0 radical (unpaired) electrons. The van der Waals surface area contributed by atoms with E-state index in [9.17, 15) is 4.79 Å². The molecule has 0 saturated heterocycles. The van der Waals surface area contributed by atoms with Crippen molar-refractivity contribution in [1.82, 2.24) is 10.3 Å². The number of H-pyrrole nitrogens is 1. The number of hydrogen-bond acceptors (Lipinski definition) is 5. The Morgan fingerprint density at radius 1 is 1.45 bits per heavy atom. The SMILES string of the molecule is CCOC(=O)C1=CSC(Nc2ccc3[nH]ccc3c2)N1. The van der Waals surface area contributed by atoms with Crippen LogP contribution >= 0.6 is 11.8 Å². The number of aromatic amines is 1. The fraction of sp³-hybridized carbons (Fsp3) is 0.214. The van der Waals surface area contributed by atoms with Crippen LogP contribution in [-0.2, 0) is 9.53 Å². The van der Waals surface area contributed by atoms with Crippen LogP contribution in [0.25, 0.3) is 10.9 Å². The second-order valence-corrected chi connectivity index (χ2v) is 5.32. The van der Waals surface area contributed by atoms with Crippen LogP contribution in [0.15, 0.2) is 41.6 Å². The van der Waals surface area contributed by atoms with Crippen molar-refractivity contribution in [3.8, 4) is 0 Å². The van der Waals surface area contributed by atoms with Crippen LogP contribution < -0.4 is 10.6 Å². The van der Waals surface area contributed by atoms with Crippen molar-refractivity contribution in [2.75, 3.05) is 11.9 Å². The highest BCUT2D eigenvalue weighted by atomic mass is 32.2. The van der Waals surface area contributed by atoms with E-state index in [1.165, 1.54) is 11.8 Å². The molecular formula is C14H15N3O2S. The predicted octanol–water partition coefficient (Wildman–Crippen LogP) is 2.60. The number of nitrogens with one attached hydrogen (secondary N) is 3. The summed E-state index contributed by atoms with van der Waals surface area (Å²) >= 11 is 1.51. The highest BCUT2D eigenvalue weighted by molar-refractivity contribution is 8.03. The molecule has 1 aromatic carbocycles. The lowest BCUT2D eigenvalue weighted by Crippen LogP contribution is -2.31. The standard InChI is InChI=1S/C14H15N3O2S/c1-2-19-13(18)12-8-20-14(17-12)16-10-3-4-11-9(7-10)5-6-15-11/h3-8,14-17H,2H2,1H3. The molecule has 2 heterocycles. The third-order valence-electron chi connectivity index (χ3n) is 2.95. The maximum atomic E-state index is 11.6. The number of thioether (sulfide) groups is 1. The molecule has 104 valence electrons. The van der Waals surface area contributed by atoms with Gasteiger partial charge in [0.2, 0.25) is 0 Å². The van der Waals surface area contributed by atoms with Crippen LogP contribution in [0.2, 0.25) is 0 Å². The lowest BCUT2D eigenvalue weighted by Gasteiger charge is -2.15. The van der Waals surface area contributed by atoms with Crippen LogP contribution in [0.5, 0.6) is 0 Å². The number of benzene rings is 1. The lowest BCUT2D eigenvalue weighted by atomic mass is 10.2. The Morgan fingerprint density at radius 2 is 2.35 bits per heavy atom. The van der Waals surface area contributed by atoms with E-state index in [1.54, 1.807) is 12.3 Å². The summed E-state index contributed by atoms with van der Waals surface area (Å²) in [5.41, 5.74) is 2.54. The Kier molecular flexibility index (Phi) is 3.56. The molecule has 1 aromatic heterocycles. The molecule has 3 N–H and O–H groups in total. The Balaban J connectivity index is 1.63. The molecule has 0 saturated carbocycles. The monoisotopic (exact) mass is 289 g/mol. The molecule has 20 heavy (non-hydrogen) atoms. The molecule has 0 bridgehead atoms. The topological polar surface area (TPSA) is 66.1 Å². The number of ether oxygens (including phenoxy) is 1. The molecule has 1 atom stereocenters.